The summed E-state index contributed by atoms with van der Waals surface area (Å²) in [7, 11) is 0. The second kappa shape index (κ2) is 6.68. The Balaban J connectivity index is 3.07. The van der Waals surface area contributed by atoms with Crippen molar-refractivity contribution in [2.45, 2.75) is 13.3 Å². The van der Waals surface area contributed by atoms with Gasteiger partial charge in [0.05, 0.1) is 6.61 Å². The van der Waals surface area contributed by atoms with Gasteiger partial charge in [0.2, 0.25) is 5.88 Å². The third-order valence-electron chi connectivity index (χ3n) is 1.99. The number of hydrogen-bond donors (Lipinski definition) is 0. The van der Waals surface area contributed by atoms with Crippen LogP contribution in [0.4, 0.5) is 8.78 Å². The molecule has 0 fully saturated rings. The molecule has 0 aliphatic rings. The normalized spacial score (nSPS) is 10.2. The monoisotopic (exact) mass is 257 g/mol. The van der Waals surface area contributed by atoms with Gasteiger partial charge in [-0.1, -0.05) is 12.7 Å². The Morgan fingerprint density at radius 2 is 2.33 bits per heavy atom. The second-order valence-electron chi connectivity index (χ2n) is 3.21. The van der Waals surface area contributed by atoms with Crippen LogP contribution in [0.5, 0.6) is 5.88 Å². The molecule has 0 aliphatic heterocycles. The van der Waals surface area contributed by atoms with Gasteiger partial charge in [-0.2, -0.15) is 0 Å². The number of esters is 1. The zero-order valence-electron chi connectivity index (χ0n) is 9.86. The van der Waals surface area contributed by atoms with E-state index in [2.05, 4.69) is 11.6 Å². The van der Waals surface area contributed by atoms with Crippen molar-refractivity contribution in [3.63, 3.8) is 0 Å². The van der Waals surface area contributed by atoms with E-state index in [9.17, 15) is 13.6 Å². The van der Waals surface area contributed by atoms with Crippen molar-refractivity contribution < 1.29 is 23.0 Å². The lowest BCUT2D eigenvalue weighted by molar-refractivity contribution is 0.0504. The quantitative estimate of drug-likeness (QED) is 0.735. The fourth-order valence-electron chi connectivity index (χ4n) is 1.29. The summed E-state index contributed by atoms with van der Waals surface area (Å²) in [6.45, 7) is 4.50. The van der Waals surface area contributed by atoms with Crippen LogP contribution in [0.25, 0.3) is 6.08 Å². The molecule has 0 N–H and O–H groups in total. The Morgan fingerprint density at radius 1 is 1.61 bits per heavy atom. The first-order chi connectivity index (χ1) is 8.60. The lowest BCUT2D eigenvalue weighted by Crippen LogP contribution is -2.14. The molecule has 1 aromatic heterocycles. The maximum Gasteiger partial charge on any atom is 0.344 e. The van der Waals surface area contributed by atoms with Gasteiger partial charge in [0, 0.05) is 6.20 Å². The first-order valence-corrected chi connectivity index (χ1v) is 5.29. The molecule has 0 saturated heterocycles. The number of carbonyl (C=O) groups excluding carboxylic acids is 1. The van der Waals surface area contributed by atoms with Gasteiger partial charge in [-0.15, -0.1) is 0 Å². The van der Waals surface area contributed by atoms with Crippen molar-refractivity contribution >= 4 is 12.0 Å². The number of hydrogen-bond acceptors (Lipinski definition) is 4. The van der Waals surface area contributed by atoms with E-state index < -0.39 is 19.0 Å². The van der Waals surface area contributed by atoms with Crippen molar-refractivity contribution in [1.82, 2.24) is 4.98 Å². The van der Waals surface area contributed by atoms with Crippen LogP contribution < -0.4 is 4.74 Å². The summed E-state index contributed by atoms with van der Waals surface area (Å²) < 4.78 is 33.8. The minimum Gasteiger partial charge on any atom is -0.471 e. The summed E-state index contributed by atoms with van der Waals surface area (Å²) >= 11 is 0. The molecule has 0 radical (unpaired) electrons. The van der Waals surface area contributed by atoms with Gasteiger partial charge in [0.1, 0.15) is 5.56 Å². The number of rotatable bonds is 6. The number of carbonyl (C=O) groups is 1. The van der Waals surface area contributed by atoms with Crippen LogP contribution in [0, 0.1) is 0 Å². The lowest BCUT2D eigenvalue weighted by Gasteiger charge is -2.11. The van der Waals surface area contributed by atoms with Crippen LogP contribution >= 0.6 is 0 Å². The molecule has 0 bridgehead atoms. The summed E-state index contributed by atoms with van der Waals surface area (Å²) in [5.74, 6) is -0.851. The van der Waals surface area contributed by atoms with E-state index in [-0.39, 0.29) is 18.1 Å². The molecule has 6 heteroatoms. The van der Waals surface area contributed by atoms with E-state index in [0.717, 1.165) is 0 Å². The highest BCUT2D eigenvalue weighted by Crippen LogP contribution is 2.22. The molecule has 0 saturated carbocycles. The van der Waals surface area contributed by atoms with E-state index in [4.69, 9.17) is 9.47 Å². The summed E-state index contributed by atoms with van der Waals surface area (Å²) in [5.41, 5.74) is 0.433. The molecular formula is C12H13F2NO3. The highest BCUT2D eigenvalue weighted by Gasteiger charge is 2.19. The van der Waals surface area contributed by atoms with Crippen molar-refractivity contribution in [3.8, 4) is 5.88 Å². The SMILES string of the molecule is C=Cc1ccnc(OCC(F)F)c1C(=O)OCC. The summed E-state index contributed by atoms with van der Waals surface area (Å²) in [5, 5.41) is 0. The van der Waals surface area contributed by atoms with Crippen molar-refractivity contribution in [2.75, 3.05) is 13.2 Å². The number of halogens is 2. The van der Waals surface area contributed by atoms with Crippen LogP contribution in [0.15, 0.2) is 18.8 Å². The molecular weight excluding hydrogens is 244 g/mol. The molecule has 1 aromatic rings. The molecule has 1 rings (SSSR count). The van der Waals surface area contributed by atoms with Crippen molar-refractivity contribution in [2.24, 2.45) is 0 Å². The molecule has 18 heavy (non-hydrogen) atoms. The van der Waals surface area contributed by atoms with Crippen LogP contribution in [-0.4, -0.2) is 30.6 Å². The van der Waals surface area contributed by atoms with Gasteiger partial charge in [0.25, 0.3) is 6.43 Å². The van der Waals surface area contributed by atoms with Gasteiger partial charge >= 0.3 is 5.97 Å². The van der Waals surface area contributed by atoms with E-state index in [1.807, 2.05) is 0 Å². The minimum absolute atomic E-state index is 0.00926. The Labute approximate surface area is 103 Å². The molecule has 98 valence electrons. The lowest BCUT2D eigenvalue weighted by atomic mass is 10.1. The molecule has 4 nitrogen and oxygen atoms in total. The highest BCUT2D eigenvalue weighted by molar-refractivity contribution is 5.95. The average Bonchev–Trinajstić information content (AvgIpc) is 2.35. The maximum atomic E-state index is 12.1. The van der Waals surface area contributed by atoms with Gasteiger partial charge in [0.15, 0.2) is 6.61 Å². The van der Waals surface area contributed by atoms with Gasteiger partial charge in [-0.3, -0.25) is 0 Å². The number of aromatic nitrogens is 1. The summed E-state index contributed by atoms with van der Waals surface area (Å²) in [6.07, 6.45) is 0.109. The number of pyridine rings is 1. The molecule has 0 aromatic carbocycles. The first-order valence-electron chi connectivity index (χ1n) is 5.29. The Bertz CT molecular complexity index is 435. The Hall–Kier alpha value is -1.98. The van der Waals surface area contributed by atoms with Crippen LogP contribution in [0.1, 0.15) is 22.8 Å². The van der Waals surface area contributed by atoms with Gasteiger partial charge in [-0.25, -0.2) is 18.6 Å². The Morgan fingerprint density at radius 3 is 2.89 bits per heavy atom. The first kappa shape index (κ1) is 14.1. The number of alkyl halides is 2. The standard InChI is InChI=1S/C12H13F2NO3/c1-3-8-5-6-15-11(18-7-9(13)14)10(8)12(16)17-4-2/h3,5-6,9H,1,4,7H2,2H3. The molecule has 1 heterocycles. The molecule has 0 amide bonds. The minimum atomic E-state index is -2.64. The third-order valence-corrected chi connectivity index (χ3v) is 1.99. The molecule has 0 aliphatic carbocycles. The summed E-state index contributed by atoms with van der Waals surface area (Å²) in [4.78, 5) is 15.5. The van der Waals surface area contributed by atoms with Gasteiger partial charge < -0.3 is 9.47 Å². The zero-order chi connectivity index (χ0) is 13.5. The molecule has 0 spiro atoms. The topological polar surface area (TPSA) is 48.4 Å². The second-order valence-corrected chi connectivity index (χ2v) is 3.21. The largest absolute Gasteiger partial charge is 0.471 e. The van der Waals surface area contributed by atoms with Crippen LogP contribution in [-0.2, 0) is 4.74 Å². The van der Waals surface area contributed by atoms with Crippen molar-refractivity contribution in [3.05, 3.63) is 30.0 Å². The maximum absolute atomic E-state index is 12.1. The predicted octanol–water partition coefficient (Wildman–Crippen LogP) is 2.55. The van der Waals surface area contributed by atoms with E-state index in [1.165, 1.54) is 18.3 Å². The van der Waals surface area contributed by atoms with Crippen molar-refractivity contribution in [1.29, 1.82) is 0 Å². The third kappa shape index (κ3) is 3.51. The van der Waals surface area contributed by atoms with E-state index in [0.29, 0.717) is 5.56 Å². The number of ether oxygens (including phenoxy) is 2. The van der Waals surface area contributed by atoms with Crippen LogP contribution in [0.2, 0.25) is 0 Å². The number of nitrogens with zero attached hydrogens (tertiary/aromatic N) is 1. The smallest absolute Gasteiger partial charge is 0.344 e. The summed E-state index contributed by atoms with van der Waals surface area (Å²) in [6, 6.07) is 1.52. The van der Waals surface area contributed by atoms with Crippen LogP contribution in [0.3, 0.4) is 0 Å². The molecule has 0 atom stereocenters. The fourth-order valence-corrected chi connectivity index (χ4v) is 1.29. The fraction of sp³-hybridized carbons (Fsp3) is 0.333. The average molecular weight is 257 g/mol. The zero-order valence-corrected chi connectivity index (χ0v) is 9.86. The van der Waals surface area contributed by atoms with E-state index in [1.54, 1.807) is 6.92 Å². The van der Waals surface area contributed by atoms with E-state index >= 15 is 0 Å². The molecule has 0 unspecified atom stereocenters. The highest BCUT2D eigenvalue weighted by atomic mass is 19.3. The Kier molecular flexibility index (Phi) is 5.23. The van der Waals surface area contributed by atoms with Gasteiger partial charge in [-0.05, 0) is 18.6 Å². The predicted molar refractivity (Wildman–Crippen MR) is 61.8 cm³/mol.